The van der Waals surface area contributed by atoms with Crippen molar-refractivity contribution in [3.8, 4) is 0 Å². The van der Waals surface area contributed by atoms with Crippen LogP contribution in [0.1, 0.15) is 24.0 Å². The molecule has 4 fully saturated rings. The molecule has 19 heteroatoms. The molecule has 6 rings (SSSR count). The van der Waals surface area contributed by atoms with Gasteiger partial charge in [0.25, 0.3) is 0 Å². The predicted molar refractivity (Wildman–Crippen MR) is 193 cm³/mol. The number of hydrogen-bond acceptors (Lipinski definition) is 8. The van der Waals surface area contributed by atoms with E-state index in [9.17, 15) is 35.9 Å². The predicted octanol–water partition coefficient (Wildman–Crippen LogP) is 5.36. The molecule has 0 aromatic heterocycles. The summed E-state index contributed by atoms with van der Waals surface area (Å²) < 4.78 is 87.5. The minimum atomic E-state index is -4.32. The molecule has 2 amide bonds. The number of ether oxygens (including phenoxy) is 2. The van der Waals surface area contributed by atoms with Gasteiger partial charge in [-0.1, -0.05) is 12.1 Å². The number of cyclic esters (lactones) is 2. The molecule has 2 atom stereocenters. The van der Waals surface area contributed by atoms with Gasteiger partial charge in [0.1, 0.15) is 12.2 Å². The fraction of sp³-hybridized carbons (Fsp3) is 0.588. The number of amides is 2. The highest BCUT2D eigenvalue weighted by molar-refractivity contribution is 5.85. The van der Waals surface area contributed by atoms with Gasteiger partial charge in [0, 0.05) is 90.9 Å². The van der Waals surface area contributed by atoms with Gasteiger partial charge in [0.2, 0.25) is 0 Å². The summed E-state index contributed by atoms with van der Waals surface area (Å²) in [5, 5.41) is 0. The number of benzene rings is 2. The molecule has 0 bridgehead atoms. The van der Waals surface area contributed by atoms with Crippen molar-refractivity contribution in [2.75, 3.05) is 102 Å². The molecule has 0 aliphatic carbocycles. The number of rotatable bonds is 8. The summed E-state index contributed by atoms with van der Waals surface area (Å²) >= 11 is 0. The second-order valence-corrected chi connectivity index (χ2v) is 13.1. The summed E-state index contributed by atoms with van der Waals surface area (Å²) in [6, 6.07) is 11.0. The zero-order valence-corrected chi connectivity index (χ0v) is 31.2. The Morgan fingerprint density at radius 3 is 1.23 bits per heavy atom. The third-order valence-corrected chi connectivity index (χ3v) is 9.47. The van der Waals surface area contributed by atoms with Crippen LogP contribution in [0.2, 0.25) is 0 Å². The molecule has 2 aromatic rings. The van der Waals surface area contributed by atoms with E-state index in [0.717, 1.165) is 64.2 Å². The Hall–Kier alpha value is -3.38. The molecular formula is C34H48Cl2F6N6O5. The lowest BCUT2D eigenvalue weighted by molar-refractivity contribution is -0.138. The minimum Gasteiger partial charge on any atom is -0.444 e. The lowest BCUT2D eigenvalue weighted by Crippen LogP contribution is -2.47. The van der Waals surface area contributed by atoms with Crippen LogP contribution in [0.25, 0.3) is 0 Å². The largest absolute Gasteiger partial charge is 0.444 e. The Kier molecular flexibility index (Phi) is 17.1. The van der Waals surface area contributed by atoms with Crippen LogP contribution in [0.15, 0.2) is 48.5 Å². The number of hydrogen-bond donors (Lipinski definition) is 0. The highest BCUT2D eigenvalue weighted by Gasteiger charge is 2.33. The van der Waals surface area contributed by atoms with E-state index in [1.165, 1.54) is 24.3 Å². The molecule has 2 N–H and O–H groups in total. The summed E-state index contributed by atoms with van der Waals surface area (Å²) in [7, 11) is 3.44. The number of anilines is 2. The van der Waals surface area contributed by atoms with Crippen molar-refractivity contribution in [2.24, 2.45) is 0 Å². The number of nitrogens with zero attached hydrogens (tertiary/aromatic N) is 6. The van der Waals surface area contributed by atoms with Gasteiger partial charge in [-0.25, -0.2) is 9.59 Å². The van der Waals surface area contributed by atoms with Gasteiger partial charge in [-0.15, -0.1) is 24.8 Å². The van der Waals surface area contributed by atoms with Gasteiger partial charge in [-0.05, 0) is 49.2 Å². The zero-order valence-electron chi connectivity index (χ0n) is 29.6. The van der Waals surface area contributed by atoms with Crippen LogP contribution in [0, 0.1) is 0 Å². The normalized spacial score (nSPS) is 21.1. The van der Waals surface area contributed by atoms with Crippen LogP contribution >= 0.6 is 24.8 Å². The van der Waals surface area contributed by atoms with Gasteiger partial charge in [-0.2, -0.15) is 26.3 Å². The summed E-state index contributed by atoms with van der Waals surface area (Å²) in [5.74, 6) is 0. The molecule has 0 spiro atoms. The molecule has 4 heterocycles. The smallest absolute Gasteiger partial charge is 0.416 e. The van der Waals surface area contributed by atoms with E-state index in [-0.39, 0.29) is 54.7 Å². The van der Waals surface area contributed by atoms with Crippen molar-refractivity contribution in [2.45, 2.75) is 37.4 Å². The lowest BCUT2D eigenvalue weighted by atomic mass is 10.1. The second-order valence-electron chi connectivity index (χ2n) is 13.1. The average molecular weight is 806 g/mol. The molecule has 4 aliphatic heterocycles. The SMILES string of the molecule is CN1CC(CCN2CCN(c3cccc(C(F)(F)F)c3)CC2)OC1=O.CN1CC(CCN2CCN(c3cccc(C(F)(F)F)c3)CC2)OC1=O.Cl.Cl.O. The standard InChI is InChI=1S/2C17H22F3N3O2.2ClH.H2O/c2*1-21-12-15(25-16(21)24)5-6-22-7-9-23(10-8-22)14-4-2-3-13(11-14)17(18,19)20;;;/h2*2-4,11,15H,5-10,12H2,1H3;2*1H;1H2. The maximum atomic E-state index is 12.8. The van der Waals surface area contributed by atoms with Gasteiger partial charge >= 0.3 is 24.5 Å². The quantitative estimate of drug-likeness (QED) is 0.329. The zero-order chi connectivity index (χ0) is 36.1. The van der Waals surface area contributed by atoms with Crippen molar-refractivity contribution >= 4 is 48.4 Å². The van der Waals surface area contributed by atoms with Gasteiger partial charge in [-0.3, -0.25) is 9.80 Å². The highest BCUT2D eigenvalue weighted by Crippen LogP contribution is 2.33. The van der Waals surface area contributed by atoms with E-state index < -0.39 is 23.5 Å². The summed E-state index contributed by atoms with van der Waals surface area (Å²) in [5.41, 5.74) is 0.000780. The van der Waals surface area contributed by atoms with Gasteiger partial charge in [0.05, 0.1) is 24.2 Å². The molecule has 2 unspecified atom stereocenters. The topological polar surface area (TPSA) is 104 Å². The molecule has 300 valence electrons. The second kappa shape index (κ2) is 19.8. The van der Waals surface area contributed by atoms with E-state index in [1.807, 2.05) is 9.80 Å². The van der Waals surface area contributed by atoms with Crippen molar-refractivity contribution in [1.29, 1.82) is 0 Å². The Bertz CT molecular complexity index is 1350. The Morgan fingerprint density at radius 2 is 0.943 bits per heavy atom. The summed E-state index contributed by atoms with van der Waals surface area (Å²) in [4.78, 5) is 34.3. The van der Waals surface area contributed by atoms with Crippen molar-refractivity contribution in [3.05, 3.63) is 59.7 Å². The third-order valence-electron chi connectivity index (χ3n) is 9.47. The molecule has 4 aliphatic rings. The highest BCUT2D eigenvalue weighted by atomic mass is 35.5. The monoisotopic (exact) mass is 804 g/mol. The van der Waals surface area contributed by atoms with Gasteiger partial charge in [0.15, 0.2) is 0 Å². The molecule has 53 heavy (non-hydrogen) atoms. The van der Waals surface area contributed by atoms with Crippen LogP contribution in [0.4, 0.5) is 47.3 Å². The molecule has 11 nitrogen and oxygen atoms in total. The molecular weight excluding hydrogens is 757 g/mol. The number of carbonyl (C=O) groups excluding carboxylic acids is 2. The van der Waals surface area contributed by atoms with E-state index in [4.69, 9.17) is 9.47 Å². The fourth-order valence-corrected chi connectivity index (χ4v) is 6.47. The van der Waals surface area contributed by atoms with E-state index in [2.05, 4.69) is 9.80 Å². The summed E-state index contributed by atoms with van der Waals surface area (Å²) in [6.07, 6.45) is -7.77. The molecule has 0 saturated carbocycles. The number of likely N-dealkylation sites (N-methyl/N-ethyl adjacent to an activating group) is 2. The molecule has 2 aromatic carbocycles. The first-order chi connectivity index (χ1) is 23.7. The maximum absolute atomic E-state index is 12.8. The van der Waals surface area contributed by atoms with Crippen molar-refractivity contribution in [1.82, 2.24) is 19.6 Å². The van der Waals surface area contributed by atoms with E-state index in [1.54, 1.807) is 36.0 Å². The van der Waals surface area contributed by atoms with Crippen LogP contribution in [-0.4, -0.2) is 142 Å². The van der Waals surface area contributed by atoms with E-state index in [0.29, 0.717) is 50.6 Å². The Balaban J connectivity index is 0.000000347. The number of carbonyl (C=O) groups is 2. The minimum absolute atomic E-state index is 0. The van der Waals surface area contributed by atoms with Crippen LogP contribution in [0.5, 0.6) is 0 Å². The summed E-state index contributed by atoms with van der Waals surface area (Å²) in [6.45, 7) is 8.75. The van der Waals surface area contributed by atoms with Crippen molar-refractivity contribution < 1.29 is 50.9 Å². The first kappa shape index (κ1) is 45.8. The first-order valence-electron chi connectivity index (χ1n) is 16.8. The fourth-order valence-electron chi connectivity index (χ4n) is 6.47. The van der Waals surface area contributed by atoms with Crippen LogP contribution in [-0.2, 0) is 21.8 Å². The third kappa shape index (κ3) is 12.9. The average Bonchev–Trinajstić information content (AvgIpc) is 3.60. The van der Waals surface area contributed by atoms with Crippen molar-refractivity contribution in [3.63, 3.8) is 0 Å². The van der Waals surface area contributed by atoms with Crippen LogP contribution < -0.4 is 9.80 Å². The molecule has 4 saturated heterocycles. The lowest BCUT2D eigenvalue weighted by Gasteiger charge is -2.36. The Morgan fingerprint density at radius 1 is 0.604 bits per heavy atom. The first-order valence-corrected chi connectivity index (χ1v) is 16.8. The molecule has 0 radical (unpaired) electrons. The Labute approximate surface area is 317 Å². The maximum Gasteiger partial charge on any atom is 0.416 e. The van der Waals surface area contributed by atoms with Crippen LogP contribution in [0.3, 0.4) is 0 Å². The number of piperazine rings is 2. The van der Waals surface area contributed by atoms with Gasteiger partial charge < -0.3 is 34.5 Å². The number of alkyl halides is 6. The number of halogens is 8. The van der Waals surface area contributed by atoms with E-state index >= 15 is 0 Å².